The average molecular weight is 427 g/mol. The Labute approximate surface area is 177 Å². The van der Waals surface area contributed by atoms with Gasteiger partial charge in [-0.1, -0.05) is 35.7 Å². The summed E-state index contributed by atoms with van der Waals surface area (Å²) in [6.45, 7) is 6.17. The number of piperazine rings is 1. The first kappa shape index (κ1) is 18.2. The molecular weight excluding hydrogens is 404 g/mol. The van der Waals surface area contributed by atoms with Gasteiger partial charge in [0.2, 0.25) is 0 Å². The van der Waals surface area contributed by atoms with Crippen molar-refractivity contribution in [2.75, 3.05) is 42.2 Å². The maximum Gasteiger partial charge on any atom is 0.186 e. The smallest absolute Gasteiger partial charge is 0.186 e. The second kappa shape index (κ2) is 7.54. The van der Waals surface area contributed by atoms with Crippen LogP contribution in [0.4, 0.5) is 10.3 Å². The molecule has 7 heteroatoms. The summed E-state index contributed by atoms with van der Waals surface area (Å²) in [5, 5.41) is 2.29. The molecule has 0 saturated carbocycles. The Morgan fingerprint density at radius 1 is 0.857 bits per heavy atom. The summed E-state index contributed by atoms with van der Waals surface area (Å²) in [6.07, 6.45) is 3.19. The molecule has 2 aromatic carbocycles. The van der Waals surface area contributed by atoms with Gasteiger partial charge in [0.25, 0.3) is 0 Å². The van der Waals surface area contributed by atoms with Gasteiger partial charge in [-0.15, -0.1) is 11.8 Å². The summed E-state index contributed by atoms with van der Waals surface area (Å²) in [5.41, 5.74) is 3.61. The van der Waals surface area contributed by atoms with E-state index >= 15 is 0 Å². The third kappa shape index (κ3) is 3.36. The zero-order valence-electron chi connectivity index (χ0n) is 16.0. The molecule has 0 bridgehead atoms. The SMILES string of the molecule is CCc1ccc2nc(N3CCN(c4nc5ccc(SC)cc5s4)CC3)sc2c1. The van der Waals surface area contributed by atoms with Crippen LogP contribution < -0.4 is 9.80 Å². The minimum Gasteiger partial charge on any atom is -0.345 e. The van der Waals surface area contributed by atoms with Gasteiger partial charge in [0.15, 0.2) is 10.3 Å². The van der Waals surface area contributed by atoms with Crippen LogP contribution in [-0.2, 0) is 6.42 Å². The summed E-state index contributed by atoms with van der Waals surface area (Å²) in [5.74, 6) is 0. The minimum atomic E-state index is 0.991. The standard InChI is InChI=1S/C21H22N4S3/c1-3-14-4-6-16-18(12-14)27-20(22-16)24-8-10-25(11-9-24)21-23-17-7-5-15(26-2)13-19(17)28-21/h4-7,12-13H,3,8-11H2,1-2H3. The number of nitrogens with zero attached hydrogens (tertiary/aromatic N) is 4. The predicted octanol–water partition coefficient (Wildman–Crippen LogP) is 5.52. The molecule has 0 N–H and O–H groups in total. The van der Waals surface area contributed by atoms with E-state index in [1.165, 1.54) is 19.9 Å². The number of aryl methyl sites for hydroxylation is 1. The number of hydrogen-bond donors (Lipinski definition) is 0. The van der Waals surface area contributed by atoms with Crippen LogP contribution in [0.15, 0.2) is 41.3 Å². The van der Waals surface area contributed by atoms with Crippen LogP contribution in [0.5, 0.6) is 0 Å². The lowest BCUT2D eigenvalue weighted by Gasteiger charge is -2.34. The van der Waals surface area contributed by atoms with Gasteiger partial charge in [-0.2, -0.15) is 0 Å². The van der Waals surface area contributed by atoms with Crippen molar-refractivity contribution in [3.63, 3.8) is 0 Å². The molecule has 0 aliphatic carbocycles. The fourth-order valence-corrected chi connectivity index (χ4v) is 6.21. The molecule has 4 aromatic rings. The van der Waals surface area contributed by atoms with Crippen LogP contribution in [-0.4, -0.2) is 42.4 Å². The Hall–Kier alpha value is -1.83. The van der Waals surface area contributed by atoms with E-state index in [4.69, 9.17) is 9.97 Å². The van der Waals surface area contributed by atoms with E-state index in [1.54, 1.807) is 11.8 Å². The lowest BCUT2D eigenvalue weighted by Crippen LogP contribution is -2.46. The first-order valence-electron chi connectivity index (χ1n) is 9.57. The van der Waals surface area contributed by atoms with E-state index < -0.39 is 0 Å². The van der Waals surface area contributed by atoms with Gasteiger partial charge in [0.1, 0.15) is 0 Å². The van der Waals surface area contributed by atoms with E-state index in [9.17, 15) is 0 Å². The zero-order valence-corrected chi connectivity index (χ0v) is 18.5. The largest absolute Gasteiger partial charge is 0.345 e. The molecule has 1 fully saturated rings. The second-order valence-electron chi connectivity index (χ2n) is 6.96. The van der Waals surface area contributed by atoms with Crippen molar-refractivity contribution in [1.82, 2.24) is 9.97 Å². The van der Waals surface area contributed by atoms with Gasteiger partial charge >= 0.3 is 0 Å². The Kier molecular flexibility index (Phi) is 4.90. The summed E-state index contributed by atoms with van der Waals surface area (Å²) < 4.78 is 2.58. The molecule has 0 unspecified atom stereocenters. The second-order valence-corrected chi connectivity index (χ2v) is 9.85. The Morgan fingerprint density at radius 3 is 2.00 bits per heavy atom. The third-order valence-corrected chi connectivity index (χ3v) is 8.14. The molecule has 1 aliphatic rings. The normalized spacial score (nSPS) is 15.1. The van der Waals surface area contributed by atoms with Gasteiger partial charge in [-0.05, 0) is 48.6 Å². The van der Waals surface area contributed by atoms with Crippen LogP contribution in [0.1, 0.15) is 12.5 Å². The first-order valence-corrected chi connectivity index (χ1v) is 12.4. The lowest BCUT2D eigenvalue weighted by molar-refractivity contribution is 0.651. The highest BCUT2D eigenvalue weighted by atomic mass is 32.2. The number of benzene rings is 2. The molecule has 5 rings (SSSR count). The van der Waals surface area contributed by atoms with Crippen molar-refractivity contribution in [2.24, 2.45) is 0 Å². The number of hydrogen-bond acceptors (Lipinski definition) is 7. The molecule has 1 aliphatic heterocycles. The summed E-state index contributed by atoms with van der Waals surface area (Å²) in [7, 11) is 0. The summed E-state index contributed by atoms with van der Waals surface area (Å²) >= 11 is 5.41. The van der Waals surface area contributed by atoms with Crippen molar-refractivity contribution in [1.29, 1.82) is 0 Å². The van der Waals surface area contributed by atoms with E-state index in [0.717, 1.165) is 53.9 Å². The Morgan fingerprint density at radius 2 is 1.43 bits per heavy atom. The average Bonchev–Trinajstić information content (AvgIpc) is 3.36. The fourth-order valence-electron chi connectivity index (χ4n) is 3.56. The highest BCUT2D eigenvalue weighted by molar-refractivity contribution is 7.98. The monoisotopic (exact) mass is 426 g/mol. The van der Waals surface area contributed by atoms with Crippen LogP contribution >= 0.6 is 34.4 Å². The topological polar surface area (TPSA) is 32.3 Å². The van der Waals surface area contributed by atoms with Crippen molar-refractivity contribution < 1.29 is 0 Å². The van der Waals surface area contributed by atoms with Gasteiger partial charge in [-0.25, -0.2) is 9.97 Å². The van der Waals surface area contributed by atoms with Crippen molar-refractivity contribution in [3.8, 4) is 0 Å². The molecule has 144 valence electrons. The van der Waals surface area contributed by atoms with Crippen LogP contribution in [0.25, 0.3) is 20.4 Å². The third-order valence-electron chi connectivity index (χ3n) is 5.25. The molecule has 0 atom stereocenters. The summed E-state index contributed by atoms with van der Waals surface area (Å²) in [4.78, 5) is 15.9. The highest BCUT2D eigenvalue weighted by Crippen LogP contribution is 2.34. The number of thiazole rings is 2. The molecule has 0 amide bonds. The van der Waals surface area contributed by atoms with E-state index in [0.29, 0.717) is 0 Å². The van der Waals surface area contributed by atoms with Gasteiger partial charge in [0.05, 0.1) is 20.4 Å². The van der Waals surface area contributed by atoms with E-state index in [-0.39, 0.29) is 0 Å². The number of anilines is 2. The molecule has 1 saturated heterocycles. The fraction of sp³-hybridized carbons (Fsp3) is 0.333. The Balaban J connectivity index is 1.32. The maximum absolute atomic E-state index is 4.87. The molecule has 28 heavy (non-hydrogen) atoms. The number of fused-ring (bicyclic) bond motifs is 2. The van der Waals surface area contributed by atoms with Gasteiger partial charge in [-0.3, -0.25) is 0 Å². The number of rotatable bonds is 4. The predicted molar refractivity (Wildman–Crippen MR) is 125 cm³/mol. The molecule has 2 aromatic heterocycles. The summed E-state index contributed by atoms with van der Waals surface area (Å²) in [6, 6.07) is 13.2. The number of aromatic nitrogens is 2. The van der Waals surface area contributed by atoms with E-state index in [2.05, 4.69) is 59.4 Å². The van der Waals surface area contributed by atoms with Crippen LogP contribution in [0, 0.1) is 0 Å². The zero-order chi connectivity index (χ0) is 19.1. The molecular formula is C21H22N4S3. The van der Waals surface area contributed by atoms with Gasteiger partial charge in [0, 0.05) is 31.1 Å². The van der Waals surface area contributed by atoms with Crippen molar-refractivity contribution >= 4 is 65.1 Å². The molecule has 0 radical (unpaired) electrons. The van der Waals surface area contributed by atoms with Crippen molar-refractivity contribution in [3.05, 3.63) is 42.0 Å². The van der Waals surface area contributed by atoms with Gasteiger partial charge < -0.3 is 9.80 Å². The molecule has 4 nitrogen and oxygen atoms in total. The quantitative estimate of drug-likeness (QED) is 0.401. The maximum atomic E-state index is 4.87. The minimum absolute atomic E-state index is 0.991. The van der Waals surface area contributed by atoms with Crippen molar-refractivity contribution in [2.45, 2.75) is 18.2 Å². The van der Waals surface area contributed by atoms with Crippen LogP contribution in [0.3, 0.4) is 0 Å². The first-order chi connectivity index (χ1) is 13.7. The Bertz CT molecular complexity index is 1040. The highest BCUT2D eigenvalue weighted by Gasteiger charge is 2.22. The molecule has 0 spiro atoms. The van der Waals surface area contributed by atoms with Crippen LogP contribution in [0.2, 0.25) is 0 Å². The lowest BCUT2D eigenvalue weighted by atomic mass is 10.2. The molecule has 3 heterocycles. The number of thioether (sulfide) groups is 1. The van der Waals surface area contributed by atoms with E-state index in [1.807, 2.05) is 22.7 Å².